The molecule has 5 nitrogen and oxygen atoms in total. The topological polar surface area (TPSA) is 53.1 Å². The van der Waals surface area contributed by atoms with E-state index in [0.29, 0.717) is 6.04 Å². The Morgan fingerprint density at radius 3 is 2.75 bits per heavy atom. The van der Waals surface area contributed by atoms with Crippen LogP contribution in [0, 0.1) is 0 Å². The number of piperidine rings is 1. The summed E-state index contributed by atoms with van der Waals surface area (Å²) in [4.78, 5) is 11.6. The Morgan fingerprint density at radius 2 is 2.05 bits per heavy atom. The normalized spacial score (nSPS) is 19.9. The number of aryl methyl sites for hydroxylation is 1. The molecule has 1 saturated heterocycles. The van der Waals surface area contributed by atoms with Crippen molar-refractivity contribution >= 4 is 11.6 Å². The van der Waals surface area contributed by atoms with Gasteiger partial charge in [-0.05, 0) is 32.9 Å². The van der Waals surface area contributed by atoms with E-state index in [4.69, 9.17) is 0 Å². The monoisotopic (exact) mass is 277 g/mol. The summed E-state index contributed by atoms with van der Waals surface area (Å²) >= 11 is 0. The minimum absolute atomic E-state index is 0.498. The number of rotatable bonds is 6. The summed E-state index contributed by atoms with van der Waals surface area (Å²) in [5.41, 5.74) is 0. The number of likely N-dealkylation sites (tertiary alicyclic amines) is 1. The van der Waals surface area contributed by atoms with Crippen LogP contribution in [0.5, 0.6) is 0 Å². The van der Waals surface area contributed by atoms with Gasteiger partial charge in [0.25, 0.3) is 0 Å². The fraction of sp³-hybridized carbons (Fsp3) is 0.733. The van der Waals surface area contributed by atoms with Gasteiger partial charge in [-0.15, -0.1) is 0 Å². The van der Waals surface area contributed by atoms with E-state index in [1.165, 1.54) is 19.4 Å². The molecule has 0 bridgehead atoms. The van der Waals surface area contributed by atoms with Crippen LogP contribution in [-0.2, 0) is 6.42 Å². The zero-order valence-electron chi connectivity index (χ0n) is 12.9. The molecular formula is C15H27N5. The smallest absolute Gasteiger partial charge is 0.132 e. The molecule has 0 spiro atoms. The first-order valence-corrected chi connectivity index (χ1v) is 7.85. The van der Waals surface area contributed by atoms with Crippen LogP contribution in [0.3, 0.4) is 0 Å². The fourth-order valence-corrected chi connectivity index (χ4v) is 2.67. The average molecular weight is 277 g/mol. The molecule has 0 radical (unpaired) electrons. The number of hydrogen-bond acceptors (Lipinski definition) is 5. The van der Waals surface area contributed by atoms with Crippen molar-refractivity contribution in [1.29, 1.82) is 0 Å². The van der Waals surface area contributed by atoms with Gasteiger partial charge in [0.15, 0.2) is 0 Å². The maximum atomic E-state index is 4.60. The third kappa shape index (κ3) is 4.07. The van der Waals surface area contributed by atoms with Gasteiger partial charge in [-0.3, -0.25) is 0 Å². The lowest BCUT2D eigenvalue weighted by Crippen LogP contribution is -2.42. The van der Waals surface area contributed by atoms with Gasteiger partial charge in [0, 0.05) is 31.6 Å². The third-order valence-corrected chi connectivity index (χ3v) is 3.75. The van der Waals surface area contributed by atoms with E-state index in [2.05, 4.69) is 46.3 Å². The van der Waals surface area contributed by atoms with Crippen LogP contribution in [-0.4, -0.2) is 47.1 Å². The van der Waals surface area contributed by atoms with E-state index in [9.17, 15) is 0 Å². The van der Waals surface area contributed by atoms with E-state index < -0.39 is 0 Å². The first-order valence-electron chi connectivity index (χ1n) is 7.85. The van der Waals surface area contributed by atoms with Crippen LogP contribution >= 0.6 is 0 Å². The molecule has 1 atom stereocenters. The van der Waals surface area contributed by atoms with Gasteiger partial charge in [-0.25, -0.2) is 9.97 Å². The summed E-state index contributed by atoms with van der Waals surface area (Å²) in [5, 5.41) is 6.86. The molecule has 5 heteroatoms. The van der Waals surface area contributed by atoms with Crippen molar-refractivity contribution in [1.82, 2.24) is 14.9 Å². The molecule has 1 aromatic heterocycles. The van der Waals surface area contributed by atoms with Crippen LogP contribution in [0.4, 0.5) is 11.6 Å². The maximum Gasteiger partial charge on any atom is 0.132 e. The lowest BCUT2D eigenvalue weighted by molar-refractivity contribution is 0.226. The van der Waals surface area contributed by atoms with Crippen molar-refractivity contribution in [3.05, 3.63) is 11.9 Å². The predicted molar refractivity (Wildman–Crippen MR) is 84.3 cm³/mol. The third-order valence-electron chi connectivity index (χ3n) is 3.75. The summed E-state index contributed by atoms with van der Waals surface area (Å²) in [5.74, 6) is 2.77. The zero-order chi connectivity index (χ0) is 14.4. The number of aromatic nitrogens is 2. The summed E-state index contributed by atoms with van der Waals surface area (Å²) in [6, 6.07) is 2.52. The molecular weight excluding hydrogens is 250 g/mol. The molecule has 2 heterocycles. The van der Waals surface area contributed by atoms with Crippen molar-refractivity contribution < 1.29 is 0 Å². The van der Waals surface area contributed by atoms with E-state index in [-0.39, 0.29) is 0 Å². The Bertz CT molecular complexity index is 421. The molecule has 112 valence electrons. The van der Waals surface area contributed by atoms with Gasteiger partial charge in [-0.2, -0.15) is 0 Å². The summed E-state index contributed by atoms with van der Waals surface area (Å²) in [6.45, 7) is 10.7. The summed E-state index contributed by atoms with van der Waals surface area (Å²) in [7, 11) is 0. The predicted octanol–water partition coefficient (Wildman–Crippen LogP) is 2.37. The Kier molecular flexibility index (Phi) is 5.59. The quantitative estimate of drug-likeness (QED) is 0.836. The number of anilines is 2. The highest BCUT2D eigenvalue weighted by molar-refractivity contribution is 5.48. The van der Waals surface area contributed by atoms with E-state index in [1.807, 2.05) is 6.07 Å². The molecule has 2 rings (SSSR count). The van der Waals surface area contributed by atoms with Gasteiger partial charge in [0.05, 0.1) is 0 Å². The van der Waals surface area contributed by atoms with Gasteiger partial charge in [0.2, 0.25) is 0 Å². The highest BCUT2D eigenvalue weighted by Crippen LogP contribution is 2.17. The number of likely N-dealkylation sites (N-methyl/N-ethyl adjacent to an activating group) is 1. The summed E-state index contributed by atoms with van der Waals surface area (Å²) < 4.78 is 0. The SMILES string of the molecule is CCNc1cc(NC2CCCN(CC)C2)nc(CC)n1. The van der Waals surface area contributed by atoms with Crippen molar-refractivity contribution in [2.75, 3.05) is 36.8 Å². The number of hydrogen-bond donors (Lipinski definition) is 2. The van der Waals surface area contributed by atoms with Crippen molar-refractivity contribution in [2.24, 2.45) is 0 Å². The number of nitrogens with one attached hydrogen (secondary N) is 2. The highest BCUT2D eigenvalue weighted by Gasteiger charge is 2.19. The fourth-order valence-electron chi connectivity index (χ4n) is 2.67. The molecule has 1 aliphatic rings. The Hall–Kier alpha value is -1.36. The largest absolute Gasteiger partial charge is 0.370 e. The molecule has 1 aromatic rings. The molecule has 0 amide bonds. The molecule has 1 unspecified atom stereocenters. The molecule has 0 aliphatic carbocycles. The molecule has 1 fully saturated rings. The second-order valence-electron chi connectivity index (χ2n) is 5.32. The van der Waals surface area contributed by atoms with E-state index >= 15 is 0 Å². The summed E-state index contributed by atoms with van der Waals surface area (Å²) in [6.07, 6.45) is 3.34. The first-order chi connectivity index (χ1) is 9.75. The molecule has 2 N–H and O–H groups in total. The van der Waals surface area contributed by atoms with Crippen LogP contribution in [0.15, 0.2) is 6.07 Å². The minimum Gasteiger partial charge on any atom is -0.370 e. The van der Waals surface area contributed by atoms with Crippen LogP contribution in [0.1, 0.15) is 39.4 Å². The number of nitrogens with zero attached hydrogens (tertiary/aromatic N) is 3. The Balaban J connectivity index is 2.05. The van der Waals surface area contributed by atoms with E-state index in [0.717, 1.165) is 43.5 Å². The van der Waals surface area contributed by atoms with Gasteiger partial charge >= 0.3 is 0 Å². The molecule has 20 heavy (non-hydrogen) atoms. The zero-order valence-corrected chi connectivity index (χ0v) is 12.9. The highest BCUT2D eigenvalue weighted by atomic mass is 15.2. The van der Waals surface area contributed by atoms with Crippen molar-refractivity contribution in [3.63, 3.8) is 0 Å². The lowest BCUT2D eigenvalue weighted by Gasteiger charge is -2.32. The van der Waals surface area contributed by atoms with Gasteiger partial charge in [-0.1, -0.05) is 13.8 Å². The molecule has 1 aliphatic heterocycles. The van der Waals surface area contributed by atoms with Crippen molar-refractivity contribution in [3.8, 4) is 0 Å². The Labute approximate surface area is 122 Å². The van der Waals surface area contributed by atoms with Gasteiger partial charge in [0.1, 0.15) is 17.5 Å². The van der Waals surface area contributed by atoms with Gasteiger partial charge < -0.3 is 15.5 Å². The van der Waals surface area contributed by atoms with Crippen LogP contribution < -0.4 is 10.6 Å². The average Bonchev–Trinajstić information content (AvgIpc) is 2.47. The van der Waals surface area contributed by atoms with Crippen molar-refractivity contribution in [2.45, 2.75) is 46.1 Å². The van der Waals surface area contributed by atoms with Crippen LogP contribution in [0.25, 0.3) is 0 Å². The second-order valence-corrected chi connectivity index (χ2v) is 5.32. The minimum atomic E-state index is 0.498. The molecule has 0 saturated carbocycles. The molecule has 0 aromatic carbocycles. The first kappa shape index (κ1) is 15.0. The second kappa shape index (κ2) is 7.43. The standard InChI is InChI=1S/C15H27N5/c1-4-13-18-14(16-5-2)10-15(19-13)17-12-8-7-9-20(6-3)11-12/h10,12H,4-9,11H2,1-3H3,(H2,16,17,18,19). The maximum absolute atomic E-state index is 4.60. The van der Waals surface area contributed by atoms with E-state index in [1.54, 1.807) is 0 Å². The lowest BCUT2D eigenvalue weighted by atomic mass is 10.1. The Morgan fingerprint density at radius 1 is 1.25 bits per heavy atom. The van der Waals surface area contributed by atoms with Crippen LogP contribution in [0.2, 0.25) is 0 Å².